The van der Waals surface area contributed by atoms with Gasteiger partial charge in [-0.25, -0.2) is 13.2 Å². The molecule has 0 saturated carbocycles. The minimum atomic E-state index is -5.16. The first kappa shape index (κ1) is 31.3. The van der Waals surface area contributed by atoms with E-state index < -0.39 is 76.7 Å². The molecule has 0 aliphatic heterocycles. The second-order valence-corrected chi connectivity index (χ2v) is 9.62. The van der Waals surface area contributed by atoms with Gasteiger partial charge in [0.25, 0.3) is 5.91 Å². The number of aromatic nitrogens is 1. The molecule has 226 valence electrons. The van der Waals surface area contributed by atoms with Gasteiger partial charge in [-0.05, 0) is 54.0 Å². The van der Waals surface area contributed by atoms with Crippen LogP contribution >= 0.6 is 0 Å². The van der Waals surface area contributed by atoms with Gasteiger partial charge >= 0.3 is 12.4 Å². The van der Waals surface area contributed by atoms with Gasteiger partial charge < -0.3 is 11.1 Å². The molecule has 1 aliphatic rings. The van der Waals surface area contributed by atoms with Crippen LogP contribution in [0.1, 0.15) is 34.1 Å². The third kappa shape index (κ3) is 7.43. The summed E-state index contributed by atoms with van der Waals surface area (Å²) < 4.78 is 122. The molecule has 0 radical (unpaired) electrons. The zero-order valence-electron chi connectivity index (χ0n) is 21.7. The lowest BCUT2D eigenvalue weighted by molar-refractivity contribution is -0.123. The Balaban J connectivity index is 1.73. The summed E-state index contributed by atoms with van der Waals surface area (Å²) in [6.07, 6.45) is -10.2. The number of hydrogen-bond acceptors (Lipinski definition) is 3. The predicted molar refractivity (Wildman–Crippen MR) is 135 cm³/mol. The molecule has 5 nitrogen and oxygen atoms in total. The molecule has 3 N–H and O–H groups in total. The summed E-state index contributed by atoms with van der Waals surface area (Å²) in [6.45, 7) is 0. The third-order valence-corrected chi connectivity index (χ3v) is 6.56. The first-order chi connectivity index (χ1) is 20.0. The molecule has 4 rings (SSSR count). The molecule has 3 aromatic rings. The predicted octanol–water partition coefficient (Wildman–Crippen LogP) is 6.66. The van der Waals surface area contributed by atoms with Crippen molar-refractivity contribution in [3.05, 3.63) is 112 Å². The largest absolute Gasteiger partial charge is 0.416 e. The number of hydrogen-bond donors (Lipinski definition) is 2. The number of pyridine rings is 1. The van der Waals surface area contributed by atoms with Crippen LogP contribution in [-0.2, 0) is 11.2 Å². The smallest absolute Gasteiger partial charge is 0.366 e. The molecular weight excluding hydrogens is 593 g/mol. The van der Waals surface area contributed by atoms with Gasteiger partial charge in [-0.15, -0.1) is 0 Å². The van der Waals surface area contributed by atoms with E-state index >= 15 is 0 Å². The maximum absolute atomic E-state index is 14.1. The van der Waals surface area contributed by atoms with Gasteiger partial charge in [-0.3, -0.25) is 14.6 Å². The Kier molecular flexibility index (Phi) is 8.69. The van der Waals surface area contributed by atoms with Crippen LogP contribution in [0.4, 0.5) is 39.5 Å². The summed E-state index contributed by atoms with van der Waals surface area (Å²) in [7, 11) is 0. The highest BCUT2D eigenvalue weighted by molar-refractivity contribution is 5.94. The number of amides is 2. The summed E-state index contributed by atoms with van der Waals surface area (Å²) in [6, 6.07) is 7.34. The van der Waals surface area contributed by atoms with Gasteiger partial charge in [-0.2, -0.15) is 26.3 Å². The quantitative estimate of drug-likeness (QED) is 0.279. The van der Waals surface area contributed by atoms with Gasteiger partial charge in [0.15, 0.2) is 0 Å². The second-order valence-electron chi connectivity index (χ2n) is 9.62. The number of carbonyl (C=O) groups is 2. The molecule has 2 amide bonds. The van der Waals surface area contributed by atoms with Crippen molar-refractivity contribution in [1.29, 1.82) is 0 Å². The molecule has 0 fully saturated rings. The lowest BCUT2D eigenvalue weighted by atomic mass is 9.93. The van der Waals surface area contributed by atoms with Crippen LogP contribution < -0.4 is 11.1 Å². The SMILES string of the molecule is NC(=O)c1cc(-c2cccnc2[C@H](Cc2cc(F)cc(F)c2)NC(=O)CC2C=C(C(F)(F)F)C=C2C(F)(F)F)ccc1F. The van der Waals surface area contributed by atoms with Crippen molar-refractivity contribution in [2.75, 3.05) is 0 Å². The average Bonchev–Trinajstić information content (AvgIpc) is 3.33. The maximum atomic E-state index is 14.1. The Hall–Kier alpha value is -4.62. The van der Waals surface area contributed by atoms with Crippen molar-refractivity contribution in [3.63, 3.8) is 0 Å². The fraction of sp³-hybridized carbons (Fsp3) is 0.207. The van der Waals surface area contributed by atoms with Gasteiger partial charge in [0.05, 0.1) is 22.9 Å². The average molecular weight is 613 g/mol. The summed E-state index contributed by atoms with van der Waals surface area (Å²) in [5.74, 6) is -7.07. The molecule has 14 heteroatoms. The fourth-order valence-corrected chi connectivity index (χ4v) is 4.72. The van der Waals surface area contributed by atoms with Gasteiger partial charge in [-0.1, -0.05) is 18.2 Å². The van der Waals surface area contributed by atoms with Crippen LogP contribution in [0.25, 0.3) is 11.1 Å². The standard InChI is InChI=1S/C29H20F9N3O2/c30-18-6-14(7-19(31)13-18)8-24(26-20(2-1-5-40-26)15-3-4-23(32)21(10-15)27(39)43)41-25(42)11-16-9-17(28(33,34)35)12-22(16)29(36,37)38/h1-7,9-10,12-13,16,24H,8,11H2,(H2,39,43)(H,41,42)/t16?,24-/m0/s1. The van der Waals surface area contributed by atoms with Gasteiger partial charge in [0, 0.05) is 35.7 Å². The van der Waals surface area contributed by atoms with E-state index in [1.54, 1.807) is 0 Å². The van der Waals surface area contributed by atoms with Crippen LogP contribution in [0.2, 0.25) is 0 Å². The van der Waals surface area contributed by atoms with E-state index in [0.29, 0.717) is 12.1 Å². The van der Waals surface area contributed by atoms with Gasteiger partial charge in [0.2, 0.25) is 5.91 Å². The number of primary amides is 1. The summed E-state index contributed by atoms with van der Waals surface area (Å²) in [5, 5.41) is 2.41. The molecule has 2 atom stereocenters. The van der Waals surface area contributed by atoms with E-state index in [-0.39, 0.29) is 34.9 Å². The molecule has 1 aromatic heterocycles. The van der Waals surface area contributed by atoms with E-state index in [9.17, 15) is 49.1 Å². The van der Waals surface area contributed by atoms with E-state index in [1.807, 2.05) is 0 Å². The molecule has 2 aromatic carbocycles. The van der Waals surface area contributed by atoms with Crippen molar-refractivity contribution in [3.8, 4) is 11.1 Å². The Morgan fingerprint density at radius 3 is 2.21 bits per heavy atom. The van der Waals surface area contributed by atoms with E-state index in [4.69, 9.17) is 5.73 Å². The number of benzene rings is 2. The van der Waals surface area contributed by atoms with Crippen molar-refractivity contribution in [1.82, 2.24) is 10.3 Å². The monoisotopic (exact) mass is 613 g/mol. The molecule has 0 saturated heterocycles. The number of alkyl halides is 6. The molecule has 43 heavy (non-hydrogen) atoms. The summed E-state index contributed by atoms with van der Waals surface area (Å²) >= 11 is 0. The second kappa shape index (κ2) is 11.9. The minimum Gasteiger partial charge on any atom is -0.366 e. The normalized spacial score (nSPS) is 16.0. The third-order valence-electron chi connectivity index (χ3n) is 6.56. The number of carbonyl (C=O) groups excluding carboxylic acids is 2. The fourth-order valence-electron chi connectivity index (χ4n) is 4.72. The van der Waals surface area contributed by atoms with Crippen molar-refractivity contribution < 1.29 is 49.1 Å². The molecule has 1 unspecified atom stereocenters. The minimum absolute atomic E-state index is 0.00710. The van der Waals surface area contributed by atoms with Crippen molar-refractivity contribution in [2.24, 2.45) is 11.7 Å². The Morgan fingerprint density at radius 1 is 0.930 bits per heavy atom. The number of allylic oxidation sites excluding steroid dienone is 4. The Morgan fingerprint density at radius 2 is 1.60 bits per heavy atom. The van der Waals surface area contributed by atoms with Crippen LogP contribution in [-0.4, -0.2) is 29.2 Å². The van der Waals surface area contributed by atoms with E-state index in [0.717, 1.165) is 24.3 Å². The Bertz CT molecular complexity index is 1610. The number of nitrogens with one attached hydrogen (secondary N) is 1. The lowest BCUT2D eigenvalue weighted by Crippen LogP contribution is -2.33. The summed E-state index contributed by atoms with van der Waals surface area (Å²) in [5.41, 5.74) is 1.97. The molecule has 1 heterocycles. The van der Waals surface area contributed by atoms with Crippen LogP contribution in [0.3, 0.4) is 0 Å². The molecular formula is C29H20F9N3O2. The van der Waals surface area contributed by atoms with Crippen LogP contribution in [0, 0.1) is 23.4 Å². The maximum Gasteiger partial charge on any atom is 0.416 e. The van der Waals surface area contributed by atoms with Crippen LogP contribution in [0.15, 0.2) is 78.0 Å². The molecule has 0 spiro atoms. The van der Waals surface area contributed by atoms with E-state index in [2.05, 4.69) is 10.3 Å². The molecule has 0 bridgehead atoms. The molecule has 1 aliphatic carbocycles. The van der Waals surface area contributed by atoms with Crippen LogP contribution in [0.5, 0.6) is 0 Å². The number of halogens is 9. The first-order valence-electron chi connectivity index (χ1n) is 12.4. The number of nitrogens with zero attached hydrogens (tertiary/aromatic N) is 1. The first-order valence-corrected chi connectivity index (χ1v) is 12.4. The number of nitrogens with two attached hydrogens (primary N) is 1. The Labute approximate surface area is 237 Å². The highest BCUT2D eigenvalue weighted by atomic mass is 19.4. The zero-order chi connectivity index (χ0) is 31.7. The highest BCUT2D eigenvalue weighted by Crippen LogP contribution is 2.43. The number of rotatable bonds is 8. The zero-order valence-corrected chi connectivity index (χ0v) is 21.7. The lowest BCUT2D eigenvalue weighted by Gasteiger charge is -2.23. The topological polar surface area (TPSA) is 85.1 Å². The summed E-state index contributed by atoms with van der Waals surface area (Å²) in [4.78, 5) is 29.0. The van der Waals surface area contributed by atoms with Crippen molar-refractivity contribution >= 4 is 11.8 Å². The van der Waals surface area contributed by atoms with Crippen molar-refractivity contribution in [2.45, 2.75) is 31.2 Å². The van der Waals surface area contributed by atoms with E-state index in [1.165, 1.54) is 24.4 Å². The van der Waals surface area contributed by atoms with Gasteiger partial charge in [0.1, 0.15) is 17.5 Å². The highest BCUT2D eigenvalue weighted by Gasteiger charge is 2.46.